The van der Waals surface area contributed by atoms with Crippen molar-refractivity contribution < 1.29 is 23.5 Å². The van der Waals surface area contributed by atoms with Gasteiger partial charge < -0.3 is 5.11 Å². The van der Waals surface area contributed by atoms with Crippen LogP contribution in [0.15, 0.2) is 54.1 Å². The molecule has 1 saturated heterocycles. The van der Waals surface area contributed by atoms with Crippen LogP contribution < -0.4 is 4.90 Å². The summed E-state index contributed by atoms with van der Waals surface area (Å²) in [6.07, 6.45) is 0. The molecule has 2 aromatic carbocycles. The minimum absolute atomic E-state index is 0.171. The minimum Gasteiger partial charge on any atom is -0.507 e. The van der Waals surface area contributed by atoms with Crippen LogP contribution in [-0.2, 0) is 9.59 Å². The largest absolute Gasteiger partial charge is 0.507 e. The average Bonchev–Trinajstić information content (AvgIpc) is 3.24. The van der Waals surface area contributed by atoms with Gasteiger partial charge in [-0.25, -0.2) is 8.78 Å². The standard InChI is InChI=1S/C20H13F2N3O3S/c1-10-23-24-20(29-10)25-16(11-2-6-13(21)7-3-11)15(18(27)19(25)28)17(26)12-4-8-14(22)9-5-12/h2-9,16,26H,1H3/b17-15+/t16-/m1/s1. The van der Waals surface area contributed by atoms with Gasteiger partial charge in [-0.3, -0.25) is 14.5 Å². The predicted octanol–water partition coefficient (Wildman–Crippen LogP) is 3.75. The van der Waals surface area contributed by atoms with Gasteiger partial charge in [0.25, 0.3) is 5.78 Å². The van der Waals surface area contributed by atoms with Gasteiger partial charge in [-0.2, -0.15) is 0 Å². The van der Waals surface area contributed by atoms with E-state index in [-0.39, 0.29) is 16.3 Å². The van der Waals surface area contributed by atoms with E-state index < -0.39 is 35.1 Å². The Labute approximate surface area is 167 Å². The van der Waals surface area contributed by atoms with E-state index in [2.05, 4.69) is 10.2 Å². The maximum atomic E-state index is 13.4. The zero-order valence-corrected chi connectivity index (χ0v) is 15.8. The Hall–Kier alpha value is -3.46. The van der Waals surface area contributed by atoms with Crippen LogP contribution in [0, 0.1) is 18.6 Å². The number of rotatable bonds is 3. The lowest BCUT2D eigenvalue weighted by Gasteiger charge is -2.22. The average molecular weight is 413 g/mol. The number of halogens is 2. The number of aliphatic hydroxyl groups is 1. The third-order valence-electron chi connectivity index (χ3n) is 4.47. The third-order valence-corrected chi connectivity index (χ3v) is 5.31. The molecule has 146 valence electrons. The summed E-state index contributed by atoms with van der Waals surface area (Å²) in [7, 11) is 0. The Morgan fingerprint density at radius 1 is 1.00 bits per heavy atom. The first kappa shape index (κ1) is 18.9. The third kappa shape index (κ3) is 3.29. The lowest BCUT2D eigenvalue weighted by Crippen LogP contribution is -2.29. The molecule has 1 aliphatic rings. The van der Waals surface area contributed by atoms with Gasteiger partial charge in [-0.1, -0.05) is 23.5 Å². The Kier molecular flexibility index (Phi) is 4.67. The van der Waals surface area contributed by atoms with Crippen molar-refractivity contribution in [2.75, 3.05) is 4.90 Å². The number of Topliss-reactive ketones (excluding diaryl/α,β-unsaturated/α-hetero) is 1. The minimum atomic E-state index is -1.03. The van der Waals surface area contributed by atoms with Crippen molar-refractivity contribution >= 4 is 33.9 Å². The highest BCUT2D eigenvalue weighted by Crippen LogP contribution is 2.42. The molecule has 1 amide bonds. The lowest BCUT2D eigenvalue weighted by molar-refractivity contribution is -0.132. The van der Waals surface area contributed by atoms with Gasteiger partial charge in [-0.05, 0) is 48.9 Å². The maximum absolute atomic E-state index is 13.4. The van der Waals surface area contributed by atoms with E-state index in [4.69, 9.17) is 0 Å². The smallest absolute Gasteiger partial charge is 0.301 e. The quantitative estimate of drug-likeness (QED) is 0.402. The molecule has 0 bridgehead atoms. The van der Waals surface area contributed by atoms with Gasteiger partial charge in [0.1, 0.15) is 22.4 Å². The second-order valence-corrected chi connectivity index (χ2v) is 7.49. The van der Waals surface area contributed by atoms with E-state index in [0.717, 1.165) is 28.4 Å². The zero-order valence-electron chi connectivity index (χ0n) is 15.0. The molecule has 0 unspecified atom stereocenters. The fourth-order valence-corrected chi connectivity index (χ4v) is 3.85. The van der Waals surface area contributed by atoms with Crippen LogP contribution in [-0.4, -0.2) is 27.0 Å². The van der Waals surface area contributed by atoms with Crippen LogP contribution in [0.4, 0.5) is 13.9 Å². The summed E-state index contributed by atoms with van der Waals surface area (Å²) < 4.78 is 26.7. The van der Waals surface area contributed by atoms with Crippen molar-refractivity contribution in [1.82, 2.24) is 10.2 Å². The van der Waals surface area contributed by atoms with Crippen LogP contribution in [0.3, 0.4) is 0 Å². The number of hydrogen-bond donors (Lipinski definition) is 1. The molecule has 1 atom stereocenters. The van der Waals surface area contributed by atoms with E-state index in [0.29, 0.717) is 10.6 Å². The van der Waals surface area contributed by atoms with Gasteiger partial charge in [0.15, 0.2) is 0 Å². The molecule has 0 radical (unpaired) electrons. The molecule has 3 aromatic rings. The van der Waals surface area contributed by atoms with Crippen molar-refractivity contribution in [3.8, 4) is 0 Å². The summed E-state index contributed by atoms with van der Waals surface area (Å²) in [6, 6.07) is 9.06. The Morgan fingerprint density at radius 3 is 2.14 bits per heavy atom. The van der Waals surface area contributed by atoms with Crippen molar-refractivity contribution in [3.63, 3.8) is 0 Å². The number of nitrogens with zero attached hydrogens (tertiary/aromatic N) is 3. The number of carbonyl (C=O) groups is 2. The van der Waals surface area contributed by atoms with Crippen LogP contribution in [0.1, 0.15) is 22.2 Å². The number of aromatic nitrogens is 2. The number of carbonyl (C=O) groups excluding carboxylic acids is 2. The number of hydrogen-bond acceptors (Lipinski definition) is 6. The highest BCUT2D eigenvalue weighted by Gasteiger charge is 2.48. The first-order chi connectivity index (χ1) is 13.9. The molecule has 29 heavy (non-hydrogen) atoms. The topological polar surface area (TPSA) is 83.4 Å². The molecule has 1 fully saturated rings. The van der Waals surface area contributed by atoms with Crippen LogP contribution in [0.25, 0.3) is 5.76 Å². The summed E-state index contributed by atoms with van der Waals surface area (Å²) in [6.45, 7) is 1.70. The molecule has 1 aromatic heterocycles. The van der Waals surface area contributed by atoms with Gasteiger partial charge in [0.05, 0.1) is 11.6 Å². The Bertz CT molecular complexity index is 1140. The number of benzene rings is 2. The van der Waals surface area contributed by atoms with Gasteiger partial charge in [0, 0.05) is 5.56 Å². The second kappa shape index (κ2) is 7.17. The number of aryl methyl sites for hydroxylation is 1. The Balaban J connectivity index is 1.93. The van der Waals surface area contributed by atoms with E-state index in [1.807, 2.05) is 0 Å². The monoisotopic (exact) mass is 413 g/mol. The molecule has 0 spiro atoms. The summed E-state index contributed by atoms with van der Waals surface area (Å²) in [5.41, 5.74) is 0.383. The summed E-state index contributed by atoms with van der Waals surface area (Å²) >= 11 is 1.11. The van der Waals surface area contributed by atoms with Crippen LogP contribution >= 0.6 is 11.3 Å². The SMILES string of the molecule is Cc1nnc(N2C(=O)C(=O)/C(=C(/O)c3ccc(F)cc3)[C@H]2c2ccc(F)cc2)s1. The van der Waals surface area contributed by atoms with Crippen LogP contribution in [0.5, 0.6) is 0 Å². The van der Waals surface area contributed by atoms with Gasteiger partial charge >= 0.3 is 5.91 Å². The molecular weight excluding hydrogens is 400 g/mol. The summed E-state index contributed by atoms with van der Waals surface area (Å²) in [4.78, 5) is 26.8. The van der Waals surface area contributed by atoms with Crippen molar-refractivity contribution in [3.05, 3.63) is 81.9 Å². The van der Waals surface area contributed by atoms with E-state index in [9.17, 15) is 23.5 Å². The number of aliphatic hydroxyl groups excluding tert-OH is 1. The molecule has 2 heterocycles. The van der Waals surface area contributed by atoms with Gasteiger partial charge in [0.2, 0.25) is 5.13 Å². The zero-order chi connectivity index (χ0) is 20.7. The molecule has 1 aliphatic heterocycles. The lowest BCUT2D eigenvalue weighted by atomic mass is 9.95. The van der Waals surface area contributed by atoms with Gasteiger partial charge in [-0.15, -0.1) is 10.2 Å². The van der Waals surface area contributed by atoms with Crippen molar-refractivity contribution in [2.45, 2.75) is 13.0 Å². The normalized spacial score (nSPS) is 18.4. The second-order valence-electron chi connectivity index (χ2n) is 6.33. The molecule has 9 heteroatoms. The fourth-order valence-electron chi connectivity index (χ4n) is 3.14. The maximum Gasteiger partial charge on any atom is 0.301 e. The summed E-state index contributed by atoms with van der Waals surface area (Å²) in [5, 5.41) is 19.4. The molecule has 0 aliphatic carbocycles. The van der Waals surface area contributed by atoms with E-state index in [1.165, 1.54) is 36.4 Å². The fraction of sp³-hybridized carbons (Fsp3) is 0.100. The molecule has 1 N–H and O–H groups in total. The molecule has 4 rings (SSSR count). The molecule has 6 nitrogen and oxygen atoms in total. The summed E-state index contributed by atoms with van der Waals surface area (Å²) in [5.74, 6) is -3.27. The predicted molar refractivity (Wildman–Crippen MR) is 102 cm³/mol. The Morgan fingerprint density at radius 2 is 1.59 bits per heavy atom. The van der Waals surface area contributed by atoms with Crippen LogP contribution in [0.2, 0.25) is 0 Å². The molecule has 0 saturated carbocycles. The number of ketones is 1. The number of anilines is 1. The highest BCUT2D eigenvalue weighted by atomic mass is 32.1. The first-order valence-electron chi connectivity index (χ1n) is 8.49. The number of amides is 1. The van der Waals surface area contributed by atoms with Crippen molar-refractivity contribution in [1.29, 1.82) is 0 Å². The van der Waals surface area contributed by atoms with E-state index >= 15 is 0 Å². The highest BCUT2D eigenvalue weighted by molar-refractivity contribution is 7.15. The first-order valence-corrected chi connectivity index (χ1v) is 9.31. The van der Waals surface area contributed by atoms with Crippen molar-refractivity contribution in [2.24, 2.45) is 0 Å². The van der Waals surface area contributed by atoms with E-state index in [1.54, 1.807) is 6.92 Å². The molecular formula is C20H13F2N3O3S.